The van der Waals surface area contributed by atoms with Crippen molar-refractivity contribution in [2.24, 2.45) is 0 Å². The molecule has 0 saturated carbocycles. The Morgan fingerprint density at radius 3 is 2.75 bits per heavy atom. The van der Waals surface area contributed by atoms with Crippen molar-refractivity contribution in [2.45, 2.75) is 13.0 Å². The lowest BCUT2D eigenvalue weighted by Crippen LogP contribution is -1.60. The fourth-order valence-electron chi connectivity index (χ4n) is 0.0786. The Balaban J connectivity index is 2.20. The quantitative estimate of drug-likeness (QED) is 0.368. The van der Waals surface area contributed by atoms with Crippen LogP contribution >= 0.6 is 0 Å². The zero-order valence-corrected chi connectivity index (χ0v) is 2.56. The summed E-state index contributed by atoms with van der Waals surface area (Å²) in [7, 11) is 0. The zero-order valence-electron chi connectivity index (χ0n) is 3.56. The van der Waals surface area contributed by atoms with Crippen molar-refractivity contribution in [1.82, 2.24) is 0 Å². The van der Waals surface area contributed by atoms with Crippen molar-refractivity contribution in [3.8, 4) is 0 Å². The van der Waals surface area contributed by atoms with Crippen molar-refractivity contribution in [2.75, 3.05) is 6.58 Å². The third kappa shape index (κ3) is 0.206. The van der Waals surface area contributed by atoms with E-state index in [2.05, 4.69) is 4.74 Å². The summed E-state index contributed by atoms with van der Waals surface area (Å²) in [5.74, 6) is 0. The average molecular weight is 59.1 g/mol. The van der Waals surface area contributed by atoms with Crippen LogP contribution in [0.5, 0.6) is 0 Å². The van der Waals surface area contributed by atoms with Crippen LogP contribution in [0.4, 0.5) is 0 Å². The summed E-state index contributed by atoms with van der Waals surface area (Å²) in [5.41, 5.74) is 0. The maximum atomic E-state index is 6.68. The van der Waals surface area contributed by atoms with Gasteiger partial charge in [0.15, 0.2) is 0 Å². The SMILES string of the molecule is [2H]C1OC1C. The molecule has 1 heterocycles. The Kier molecular flexibility index (Phi) is 0.163. The number of hydrogen-bond acceptors (Lipinski definition) is 1. The Bertz CT molecular complexity index is 40.2. The lowest BCUT2D eigenvalue weighted by atomic mass is 10.6. The molecule has 0 bridgehead atoms. The van der Waals surface area contributed by atoms with E-state index in [-0.39, 0.29) is 12.7 Å². The van der Waals surface area contributed by atoms with Crippen LogP contribution in [0.3, 0.4) is 0 Å². The van der Waals surface area contributed by atoms with Crippen LogP contribution in [0.15, 0.2) is 0 Å². The Hall–Kier alpha value is -0.0400. The van der Waals surface area contributed by atoms with Crippen molar-refractivity contribution < 1.29 is 6.11 Å². The van der Waals surface area contributed by atoms with E-state index in [1.165, 1.54) is 0 Å². The Labute approximate surface area is 27.0 Å². The molecule has 0 aromatic heterocycles. The molecule has 1 rings (SSSR count). The Morgan fingerprint density at radius 1 is 2.50 bits per heavy atom. The first-order chi connectivity index (χ1) is 2.30. The number of ether oxygens (including phenoxy) is 1. The van der Waals surface area contributed by atoms with Crippen LogP contribution in [0, 0.1) is 0 Å². The van der Waals surface area contributed by atoms with Crippen molar-refractivity contribution in [1.29, 1.82) is 0 Å². The van der Waals surface area contributed by atoms with E-state index in [9.17, 15) is 0 Å². The lowest BCUT2D eigenvalue weighted by Gasteiger charge is -1.50. The van der Waals surface area contributed by atoms with Gasteiger partial charge in [-0.2, -0.15) is 0 Å². The number of hydrogen-bond donors (Lipinski definition) is 0. The van der Waals surface area contributed by atoms with E-state index in [0.717, 1.165) is 0 Å². The molecule has 0 amide bonds. The average Bonchev–Trinajstić information content (AvgIpc) is 1.79. The van der Waals surface area contributed by atoms with Gasteiger partial charge < -0.3 is 4.74 Å². The molecule has 1 heteroatoms. The van der Waals surface area contributed by atoms with Crippen LogP contribution < -0.4 is 0 Å². The Morgan fingerprint density at radius 2 is 2.75 bits per heavy atom. The molecule has 4 heavy (non-hydrogen) atoms. The highest BCUT2D eigenvalue weighted by atomic mass is 16.6. The minimum absolute atomic E-state index is 0.199. The molecule has 1 fully saturated rings. The van der Waals surface area contributed by atoms with E-state index in [1.54, 1.807) is 0 Å². The first-order valence-corrected chi connectivity index (χ1v) is 1.38. The molecular weight excluding hydrogens is 52.0 g/mol. The second-order valence-electron chi connectivity index (χ2n) is 0.977. The van der Waals surface area contributed by atoms with Gasteiger partial charge in [-0.3, -0.25) is 0 Å². The molecule has 1 saturated heterocycles. The molecular formula is C3H6O. The first kappa shape index (κ1) is 1.41. The van der Waals surface area contributed by atoms with E-state index in [0.29, 0.717) is 0 Å². The van der Waals surface area contributed by atoms with Gasteiger partial charge in [0.25, 0.3) is 0 Å². The fourth-order valence-corrected chi connectivity index (χ4v) is 0.0786. The second kappa shape index (κ2) is 0.462. The van der Waals surface area contributed by atoms with Crippen LogP contribution in [0.1, 0.15) is 8.29 Å². The molecule has 0 aliphatic carbocycles. The maximum Gasteiger partial charge on any atom is 0.0781 e. The first-order valence-electron chi connectivity index (χ1n) is 1.96. The van der Waals surface area contributed by atoms with Crippen LogP contribution in [-0.4, -0.2) is 12.7 Å². The van der Waals surface area contributed by atoms with Crippen LogP contribution in [0.2, 0.25) is 0 Å². The summed E-state index contributed by atoms with van der Waals surface area (Å²) < 4.78 is 11.3. The van der Waals surface area contributed by atoms with Crippen molar-refractivity contribution in [3.63, 3.8) is 0 Å². The summed E-state index contributed by atoms with van der Waals surface area (Å²) in [4.78, 5) is 0. The van der Waals surface area contributed by atoms with Crippen molar-refractivity contribution in [3.05, 3.63) is 0 Å². The van der Waals surface area contributed by atoms with Gasteiger partial charge in [0.05, 0.1) is 14.1 Å². The minimum atomic E-state index is -0.199. The van der Waals surface area contributed by atoms with Crippen LogP contribution in [-0.2, 0) is 4.74 Å². The molecule has 0 aromatic carbocycles. The third-order valence-electron chi connectivity index (χ3n) is 0.408. The standard InChI is InChI=1S/C3H6O/c1-3-2-4-3/h3H,2H2,1H3/i2D. The van der Waals surface area contributed by atoms with Gasteiger partial charge in [0.2, 0.25) is 0 Å². The lowest BCUT2D eigenvalue weighted by molar-refractivity contribution is 0.423. The van der Waals surface area contributed by atoms with E-state index in [1.807, 2.05) is 6.92 Å². The highest BCUT2D eigenvalue weighted by molar-refractivity contribution is 4.58. The van der Waals surface area contributed by atoms with E-state index >= 15 is 0 Å². The molecule has 0 spiro atoms. The van der Waals surface area contributed by atoms with Gasteiger partial charge in [0, 0.05) is 0 Å². The van der Waals surface area contributed by atoms with Gasteiger partial charge in [-0.1, -0.05) is 0 Å². The predicted octanol–water partition coefficient (Wildman–Crippen LogP) is 0.405. The summed E-state index contributed by atoms with van der Waals surface area (Å²) >= 11 is 0. The summed E-state index contributed by atoms with van der Waals surface area (Å²) in [6.07, 6.45) is 0.218. The zero-order chi connectivity index (χ0) is 3.86. The van der Waals surface area contributed by atoms with Gasteiger partial charge in [-0.15, -0.1) is 0 Å². The molecule has 0 aromatic rings. The van der Waals surface area contributed by atoms with Gasteiger partial charge in [0.1, 0.15) is 0 Å². The normalized spacial score (nSPS) is 61.8. The number of epoxide rings is 1. The van der Waals surface area contributed by atoms with Gasteiger partial charge >= 0.3 is 0 Å². The topological polar surface area (TPSA) is 12.5 Å². The highest BCUT2D eigenvalue weighted by Crippen LogP contribution is 2.04. The second-order valence-corrected chi connectivity index (χ2v) is 0.977. The molecule has 2 atom stereocenters. The predicted molar refractivity (Wildman–Crippen MR) is 15.4 cm³/mol. The minimum Gasteiger partial charge on any atom is -0.373 e. The molecule has 1 aliphatic heterocycles. The molecule has 0 N–H and O–H groups in total. The van der Waals surface area contributed by atoms with Crippen molar-refractivity contribution >= 4 is 0 Å². The summed E-state index contributed by atoms with van der Waals surface area (Å²) in [6, 6.07) is 0. The van der Waals surface area contributed by atoms with Gasteiger partial charge in [-0.25, -0.2) is 0 Å². The number of rotatable bonds is 0. The maximum absolute atomic E-state index is 6.68. The molecule has 1 nitrogen and oxygen atoms in total. The highest BCUT2D eigenvalue weighted by Gasteiger charge is 2.13. The van der Waals surface area contributed by atoms with Crippen LogP contribution in [0.25, 0.3) is 0 Å². The molecule has 0 radical (unpaired) electrons. The molecule has 1 aliphatic rings. The molecule has 2 unspecified atom stereocenters. The van der Waals surface area contributed by atoms with E-state index in [4.69, 9.17) is 1.37 Å². The largest absolute Gasteiger partial charge is 0.373 e. The fraction of sp³-hybridized carbons (Fsp3) is 1.00. The summed E-state index contributed by atoms with van der Waals surface area (Å²) in [5, 5.41) is 0. The molecule has 24 valence electrons. The third-order valence-corrected chi connectivity index (χ3v) is 0.408. The van der Waals surface area contributed by atoms with E-state index < -0.39 is 0 Å². The van der Waals surface area contributed by atoms with Gasteiger partial charge in [-0.05, 0) is 6.92 Å². The smallest absolute Gasteiger partial charge is 0.0781 e. The summed E-state index contributed by atoms with van der Waals surface area (Å²) in [6.45, 7) is 1.69. The monoisotopic (exact) mass is 59.0 g/mol.